The second-order valence-corrected chi connectivity index (χ2v) is 6.80. The van der Waals surface area contributed by atoms with E-state index in [1.54, 1.807) is 7.11 Å². The monoisotopic (exact) mass is 339 g/mol. The van der Waals surface area contributed by atoms with Crippen molar-refractivity contribution in [2.24, 2.45) is 11.8 Å². The van der Waals surface area contributed by atoms with Crippen molar-refractivity contribution in [1.29, 1.82) is 0 Å². The summed E-state index contributed by atoms with van der Waals surface area (Å²) in [6, 6.07) is 6.72. The lowest BCUT2D eigenvalue weighted by Crippen LogP contribution is -2.31. The summed E-state index contributed by atoms with van der Waals surface area (Å²) in [5, 5.41) is 3.69. The fourth-order valence-corrected chi connectivity index (χ4v) is 3.75. The van der Waals surface area contributed by atoms with Crippen LogP contribution in [-0.4, -0.2) is 13.7 Å². The van der Waals surface area contributed by atoms with Crippen molar-refractivity contribution in [3.05, 3.63) is 28.2 Å². The molecule has 3 heteroatoms. The number of benzene rings is 1. The summed E-state index contributed by atoms with van der Waals surface area (Å²) in [6.07, 6.45) is 5.35. The molecule has 20 heavy (non-hydrogen) atoms. The zero-order chi connectivity index (χ0) is 14.5. The molecule has 1 unspecified atom stereocenters. The summed E-state index contributed by atoms with van der Waals surface area (Å²) in [4.78, 5) is 0. The predicted molar refractivity (Wildman–Crippen MR) is 88.2 cm³/mol. The molecule has 0 saturated heterocycles. The van der Waals surface area contributed by atoms with Crippen LogP contribution in [0.3, 0.4) is 0 Å². The number of hydrogen-bond donors (Lipinski definition) is 1. The molecule has 0 bridgehead atoms. The molecule has 1 aromatic rings. The Morgan fingerprint density at radius 1 is 1.30 bits per heavy atom. The van der Waals surface area contributed by atoms with Crippen LogP contribution in [0, 0.1) is 11.8 Å². The minimum atomic E-state index is 0.428. The average Bonchev–Trinajstić information content (AvgIpc) is 2.47. The lowest BCUT2D eigenvalue weighted by molar-refractivity contribution is 0.232. The van der Waals surface area contributed by atoms with Crippen molar-refractivity contribution in [2.75, 3.05) is 13.7 Å². The van der Waals surface area contributed by atoms with Crippen LogP contribution in [0.5, 0.6) is 5.75 Å². The summed E-state index contributed by atoms with van der Waals surface area (Å²) < 4.78 is 6.58. The Morgan fingerprint density at radius 2 is 2.00 bits per heavy atom. The molecule has 112 valence electrons. The zero-order valence-corrected chi connectivity index (χ0v) is 14.4. The van der Waals surface area contributed by atoms with E-state index >= 15 is 0 Å². The smallest absolute Gasteiger partial charge is 0.119 e. The normalized spacial score (nSPS) is 24.4. The average molecular weight is 340 g/mol. The molecular formula is C17H26BrNO. The maximum atomic E-state index is 5.39. The third kappa shape index (κ3) is 3.76. The van der Waals surface area contributed by atoms with Crippen molar-refractivity contribution in [2.45, 2.75) is 45.6 Å². The molecule has 1 fully saturated rings. The molecular weight excluding hydrogens is 314 g/mol. The Balaban J connectivity index is 2.23. The van der Waals surface area contributed by atoms with Crippen LogP contribution in [0.15, 0.2) is 22.7 Å². The number of ether oxygens (including phenoxy) is 1. The molecule has 1 aliphatic carbocycles. The SMILES string of the molecule is CCNC(c1cc(OC)ccc1Br)C1CCC(C)CC1. The van der Waals surface area contributed by atoms with Crippen molar-refractivity contribution in [3.63, 3.8) is 0 Å². The van der Waals surface area contributed by atoms with Gasteiger partial charge in [0.05, 0.1) is 7.11 Å². The molecule has 1 saturated carbocycles. The number of nitrogens with one attached hydrogen (secondary N) is 1. The lowest BCUT2D eigenvalue weighted by Gasteiger charge is -2.34. The van der Waals surface area contributed by atoms with Crippen LogP contribution < -0.4 is 10.1 Å². The van der Waals surface area contributed by atoms with Crippen LogP contribution in [0.2, 0.25) is 0 Å². The molecule has 0 radical (unpaired) electrons. The molecule has 2 nitrogen and oxygen atoms in total. The quantitative estimate of drug-likeness (QED) is 0.820. The van der Waals surface area contributed by atoms with Crippen LogP contribution in [-0.2, 0) is 0 Å². The van der Waals surface area contributed by atoms with Crippen LogP contribution in [0.25, 0.3) is 0 Å². The Bertz CT molecular complexity index is 427. The molecule has 0 aliphatic heterocycles. The van der Waals surface area contributed by atoms with Gasteiger partial charge in [-0.2, -0.15) is 0 Å². The van der Waals surface area contributed by atoms with E-state index < -0.39 is 0 Å². The Kier molecular flexibility index (Phi) is 5.91. The number of halogens is 1. The van der Waals surface area contributed by atoms with Gasteiger partial charge in [0.15, 0.2) is 0 Å². The summed E-state index contributed by atoms with van der Waals surface area (Å²) in [7, 11) is 1.73. The fourth-order valence-electron chi connectivity index (χ4n) is 3.26. The number of rotatable bonds is 5. The van der Waals surface area contributed by atoms with E-state index in [-0.39, 0.29) is 0 Å². The van der Waals surface area contributed by atoms with Crippen molar-refractivity contribution in [3.8, 4) is 5.75 Å². The first-order valence-corrected chi connectivity index (χ1v) is 8.51. The van der Waals surface area contributed by atoms with Gasteiger partial charge in [-0.05, 0) is 55.0 Å². The third-order valence-electron chi connectivity index (χ3n) is 4.49. The highest BCUT2D eigenvalue weighted by Crippen LogP contribution is 2.39. The lowest BCUT2D eigenvalue weighted by atomic mass is 9.77. The van der Waals surface area contributed by atoms with Gasteiger partial charge in [0.2, 0.25) is 0 Å². The topological polar surface area (TPSA) is 21.3 Å². The molecule has 1 N–H and O–H groups in total. The Morgan fingerprint density at radius 3 is 2.60 bits per heavy atom. The van der Waals surface area contributed by atoms with E-state index in [0.29, 0.717) is 6.04 Å². The first-order valence-electron chi connectivity index (χ1n) is 7.72. The van der Waals surface area contributed by atoms with E-state index in [4.69, 9.17) is 4.74 Å². The molecule has 0 heterocycles. The fraction of sp³-hybridized carbons (Fsp3) is 0.647. The van der Waals surface area contributed by atoms with E-state index in [2.05, 4.69) is 47.2 Å². The van der Waals surface area contributed by atoms with Crippen LogP contribution >= 0.6 is 15.9 Å². The van der Waals surface area contributed by atoms with Crippen LogP contribution in [0.1, 0.15) is 51.1 Å². The summed E-state index contributed by atoms with van der Waals surface area (Å²) in [6.45, 7) is 5.56. The van der Waals surface area contributed by atoms with Gasteiger partial charge in [-0.3, -0.25) is 0 Å². The summed E-state index contributed by atoms with van der Waals surface area (Å²) >= 11 is 3.71. The molecule has 2 rings (SSSR count). The third-order valence-corrected chi connectivity index (χ3v) is 5.22. The minimum Gasteiger partial charge on any atom is -0.497 e. The van der Waals surface area contributed by atoms with Gasteiger partial charge in [0, 0.05) is 10.5 Å². The van der Waals surface area contributed by atoms with E-state index in [9.17, 15) is 0 Å². The maximum absolute atomic E-state index is 5.39. The zero-order valence-electron chi connectivity index (χ0n) is 12.8. The van der Waals surface area contributed by atoms with Crippen LogP contribution in [0.4, 0.5) is 0 Å². The molecule has 0 aromatic heterocycles. The number of methoxy groups -OCH3 is 1. The van der Waals surface area contributed by atoms with Gasteiger partial charge >= 0.3 is 0 Å². The van der Waals surface area contributed by atoms with Gasteiger partial charge in [0.1, 0.15) is 5.75 Å². The molecule has 1 aromatic carbocycles. The van der Waals surface area contributed by atoms with E-state index in [1.807, 2.05) is 6.07 Å². The maximum Gasteiger partial charge on any atom is 0.119 e. The Labute approximate surface area is 131 Å². The van der Waals surface area contributed by atoms with Crippen molar-refractivity contribution in [1.82, 2.24) is 5.32 Å². The molecule has 1 atom stereocenters. The van der Waals surface area contributed by atoms with Crippen molar-refractivity contribution >= 4 is 15.9 Å². The second kappa shape index (κ2) is 7.46. The van der Waals surface area contributed by atoms with Gasteiger partial charge in [-0.15, -0.1) is 0 Å². The van der Waals surface area contributed by atoms with Gasteiger partial charge in [0.25, 0.3) is 0 Å². The molecule has 0 amide bonds. The largest absolute Gasteiger partial charge is 0.497 e. The van der Waals surface area contributed by atoms with Gasteiger partial charge in [-0.25, -0.2) is 0 Å². The first-order chi connectivity index (χ1) is 9.65. The molecule has 1 aliphatic rings. The summed E-state index contributed by atoms with van der Waals surface area (Å²) in [5.74, 6) is 2.56. The Hall–Kier alpha value is -0.540. The highest BCUT2D eigenvalue weighted by atomic mass is 79.9. The predicted octanol–water partition coefficient (Wildman–Crippen LogP) is 4.93. The first kappa shape index (κ1) is 15.8. The van der Waals surface area contributed by atoms with Gasteiger partial charge in [-0.1, -0.05) is 42.6 Å². The van der Waals surface area contributed by atoms with E-state index in [0.717, 1.165) is 24.1 Å². The standard InChI is InChI=1S/C17H26BrNO/c1-4-19-17(13-7-5-12(2)6-8-13)15-11-14(20-3)9-10-16(15)18/h9-13,17,19H,4-8H2,1-3H3. The highest BCUT2D eigenvalue weighted by Gasteiger charge is 2.28. The van der Waals surface area contributed by atoms with Crippen molar-refractivity contribution < 1.29 is 4.74 Å². The second-order valence-electron chi connectivity index (χ2n) is 5.94. The van der Waals surface area contributed by atoms with Gasteiger partial charge < -0.3 is 10.1 Å². The highest BCUT2D eigenvalue weighted by molar-refractivity contribution is 9.10. The summed E-state index contributed by atoms with van der Waals surface area (Å²) in [5.41, 5.74) is 1.34. The number of hydrogen-bond acceptors (Lipinski definition) is 2. The molecule has 0 spiro atoms. The van der Waals surface area contributed by atoms with E-state index in [1.165, 1.54) is 35.7 Å². The minimum absolute atomic E-state index is 0.428.